The average molecular weight is 426 g/mol. The molecule has 0 fully saturated rings. The molecule has 0 atom stereocenters. The zero-order valence-corrected chi connectivity index (χ0v) is 17.8. The number of aromatic nitrogens is 2. The Morgan fingerprint density at radius 2 is 1.93 bits per heavy atom. The Labute approximate surface area is 177 Å². The minimum absolute atomic E-state index is 0.102. The standard InChI is InChI=1S/C22H22N2O5S/c1-5-10-28-22(27)18-14(4)17-19(30-18)23-12-24(20(17)25)11-15-6-8-16(9-7-15)21(26)29-13(2)3/h5-9,12-13H,1,10-11H2,2-4H3. The van der Waals surface area contributed by atoms with Gasteiger partial charge in [0.1, 0.15) is 16.3 Å². The minimum atomic E-state index is -0.495. The van der Waals surface area contributed by atoms with Crippen LogP contribution < -0.4 is 5.56 Å². The molecule has 30 heavy (non-hydrogen) atoms. The first-order chi connectivity index (χ1) is 14.3. The van der Waals surface area contributed by atoms with E-state index in [1.165, 1.54) is 17.0 Å². The van der Waals surface area contributed by atoms with Crippen molar-refractivity contribution in [1.29, 1.82) is 0 Å². The van der Waals surface area contributed by atoms with Gasteiger partial charge in [-0.05, 0) is 44.0 Å². The van der Waals surface area contributed by atoms with Crippen LogP contribution in [-0.2, 0) is 16.0 Å². The van der Waals surface area contributed by atoms with E-state index in [1.807, 2.05) is 0 Å². The van der Waals surface area contributed by atoms with Crippen molar-refractivity contribution < 1.29 is 19.1 Å². The van der Waals surface area contributed by atoms with Gasteiger partial charge in [0, 0.05) is 0 Å². The van der Waals surface area contributed by atoms with Crippen LogP contribution >= 0.6 is 11.3 Å². The number of hydrogen-bond acceptors (Lipinski definition) is 7. The molecule has 0 aliphatic carbocycles. The molecule has 0 N–H and O–H groups in total. The number of fused-ring (bicyclic) bond motifs is 1. The first kappa shape index (κ1) is 21.4. The molecule has 2 aromatic heterocycles. The Bertz CT molecular complexity index is 1160. The number of nitrogens with zero attached hydrogens (tertiary/aromatic N) is 2. The van der Waals surface area contributed by atoms with Crippen molar-refractivity contribution in [1.82, 2.24) is 9.55 Å². The largest absolute Gasteiger partial charge is 0.459 e. The summed E-state index contributed by atoms with van der Waals surface area (Å²) < 4.78 is 11.7. The maximum absolute atomic E-state index is 13.0. The lowest BCUT2D eigenvalue weighted by Gasteiger charge is -2.09. The summed E-state index contributed by atoms with van der Waals surface area (Å²) in [6, 6.07) is 6.87. The van der Waals surface area contributed by atoms with Gasteiger partial charge in [-0.2, -0.15) is 0 Å². The van der Waals surface area contributed by atoms with Crippen LogP contribution in [0.15, 0.2) is 48.0 Å². The number of ether oxygens (including phenoxy) is 2. The average Bonchev–Trinajstić information content (AvgIpc) is 3.05. The topological polar surface area (TPSA) is 87.5 Å². The van der Waals surface area contributed by atoms with E-state index in [0.717, 1.165) is 16.9 Å². The Morgan fingerprint density at radius 3 is 2.57 bits per heavy atom. The molecule has 0 spiro atoms. The lowest BCUT2D eigenvalue weighted by atomic mass is 10.1. The van der Waals surface area contributed by atoms with Gasteiger partial charge >= 0.3 is 11.9 Å². The third-order valence-corrected chi connectivity index (χ3v) is 5.50. The quantitative estimate of drug-likeness (QED) is 0.423. The highest BCUT2D eigenvalue weighted by molar-refractivity contribution is 7.20. The number of aryl methyl sites for hydroxylation is 1. The molecule has 0 amide bonds. The summed E-state index contributed by atoms with van der Waals surface area (Å²) in [5.74, 6) is -0.883. The molecule has 0 unspecified atom stereocenters. The normalized spacial score (nSPS) is 10.9. The highest BCUT2D eigenvalue weighted by Crippen LogP contribution is 2.27. The molecular weight excluding hydrogens is 404 g/mol. The van der Waals surface area contributed by atoms with Gasteiger partial charge in [-0.3, -0.25) is 9.36 Å². The monoisotopic (exact) mass is 426 g/mol. The van der Waals surface area contributed by atoms with Gasteiger partial charge < -0.3 is 9.47 Å². The van der Waals surface area contributed by atoms with Crippen molar-refractivity contribution in [3.8, 4) is 0 Å². The summed E-state index contributed by atoms with van der Waals surface area (Å²) in [6.07, 6.45) is 2.75. The molecule has 0 saturated carbocycles. The summed E-state index contributed by atoms with van der Waals surface area (Å²) in [7, 11) is 0. The summed E-state index contributed by atoms with van der Waals surface area (Å²) in [4.78, 5) is 42.3. The van der Waals surface area contributed by atoms with E-state index in [-0.39, 0.29) is 30.8 Å². The third-order valence-electron chi connectivity index (χ3n) is 4.32. The highest BCUT2D eigenvalue weighted by Gasteiger charge is 2.20. The van der Waals surface area contributed by atoms with E-state index >= 15 is 0 Å². The third kappa shape index (κ3) is 4.49. The Hall–Kier alpha value is -3.26. The smallest absolute Gasteiger partial charge is 0.348 e. The lowest BCUT2D eigenvalue weighted by molar-refractivity contribution is 0.0377. The van der Waals surface area contributed by atoms with Gasteiger partial charge in [-0.1, -0.05) is 24.8 Å². The molecule has 1 aromatic carbocycles. The molecule has 7 nitrogen and oxygen atoms in total. The van der Waals surface area contributed by atoms with Crippen LogP contribution in [0.2, 0.25) is 0 Å². The molecule has 0 radical (unpaired) electrons. The summed E-state index contributed by atoms with van der Waals surface area (Å²) in [5.41, 5.74) is 1.60. The Morgan fingerprint density at radius 1 is 1.23 bits per heavy atom. The molecule has 3 rings (SSSR count). The predicted molar refractivity (Wildman–Crippen MR) is 115 cm³/mol. The van der Waals surface area contributed by atoms with Crippen LogP contribution in [-0.4, -0.2) is 34.2 Å². The molecule has 0 aliphatic heterocycles. The molecule has 2 heterocycles. The van der Waals surface area contributed by atoms with E-state index in [1.54, 1.807) is 45.0 Å². The fourth-order valence-corrected chi connectivity index (χ4v) is 3.92. The number of carbonyl (C=O) groups excluding carboxylic acids is 2. The highest BCUT2D eigenvalue weighted by atomic mass is 32.1. The van der Waals surface area contributed by atoms with Crippen molar-refractivity contribution in [3.63, 3.8) is 0 Å². The van der Waals surface area contributed by atoms with Gasteiger partial charge in [-0.25, -0.2) is 14.6 Å². The number of rotatable bonds is 7. The van der Waals surface area contributed by atoms with Crippen molar-refractivity contribution in [2.45, 2.75) is 33.4 Å². The number of esters is 2. The number of hydrogen-bond donors (Lipinski definition) is 0. The van der Waals surface area contributed by atoms with E-state index < -0.39 is 5.97 Å². The Kier molecular flexibility index (Phi) is 6.47. The maximum Gasteiger partial charge on any atom is 0.348 e. The number of benzene rings is 1. The van der Waals surface area contributed by atoms with Gasteiger partial charge in [0.2, 0.25) is 0 Å². The van der Waals surface area contributed by atoms with Crippen LogP contribution in [0.1, 0.15) is 45.0 Å². The van der Waals surface area contributed by atoms with Crippen LogP contribution in [0.25, 0.3) is 10.2 Å². The summed E-state index contributed by atoms with van der Waals surface area (Å²) in [6.45, 7) is 9.20. The maximum atomic E-state index is 13.0. The second kappa shape index (κ2) is 9.04. The zero-order valence-electron chi connectivity index (χ0n) is 17.0. The van der Waals surface area contributed by atoms with Crippen LogP contribution in [0, 0.1) is 6.92 Å². The minimum Gasteiger partial charge on any atom is -0.459 e. The molecule has 0 bridgehead atoms. The molecule has 3 aromatic rings. The van der Waals surface area contributed by atoms with E-state index in [0.29, 0.717) is 26.2 Å². The fourth-order valence-electron chi connectivity index (χ4n) is 2.89. The molecule has 0 saturated heterocycles. The fraction of sp³-hybridized carbons (Fsp3) is 0.273. The van der Waals surface area contributed by atoms with Crippen molar-refractivity contribution in [3.05, 3.63) is 75.2 Å². The number of thiophene rings is 1. The van der Waals surface area contributed by atoms with E-state index in [9.17, 15) is 14.4 Å². The lowest BCUT2D eigenvalue weighted by Crippen LogP contribution is -2.21. The SMILES string of the molecule is C=CCOC(=O)c1sc2ncn(Cc3ccc(C(=O)OC(C)C)cc3)c(=O)c2c1C. The van der Waals surface area contributed by atoms with Crippen molar-refractivity contribution in [2.24, 2.45) is 0 Å². The molecule has 8 heteroatoms. The second-order valence-corrected chi connectivity index (χ2v) is 7.95. The first-order valence-corrected chi connectivity index (χ1v) is 10.2. The Balaban J connectivity index is 1.87. The number of carbonyl (C=O) groups is 2. The van der Waals surface area contributed by atoms with Gasteiger partial charge in [-0.15, -0.1) is 11.3 Å². The van der Waals surface area contributed by atoms with E-state index in [4.69, 9.17) is 9.47 Å². The van der Waals surface area contributed by atoms with Crippen molar-refractivity contribution >= 4 is 33.5 Å². The van der Waals surface area contributed by atoms with Crippen LogP contribution in [0.5, 0.6) is 0 Å². The van der Waals surface area contributed by atoms with Crippen LogP contribution in [0.3, 0.4) is 0 Å². The molecule has 0 aliphatic rings. The predicted octanol–water partition coefficient (Wildman–Crippen LogP) is 3.72. The van der Waals surface area contributed by atoms with Crippen molar-refractivity contribution in [2.75, 3.05) is 6.61 Å². The molecular formula is C22H22N2O5S. The molecule has 156 valence electrons. The zero-order chi connectivity index (χ0) is 21.8. The van der Waals surface area contributed by atoms with Gasteiger partial charge in [0.15, 0.2) is 0 Å². The van der Waals surface area contributed by atoms with Gasteiger partial charge in [0.25, 0.3) is 5.56 Å². The summed E-state index contributed by atoms with van der Waals surface area (Å²) in [5, 5.41) is 0.408. The van der Waals surface area contributed by atoms with E-state index in [2.05, 4.69) is 11.6 Å². The summed E-state index contributed by atoms with van der Waals surface area (Å²) >= 11 is 1.14. The first-order valence-electron chi connectivity index (χ1n) is 9.38. The van der Waals surface area contributed by atoms with Crippen LogP contribution in [0.4, 0.5) is 0 Å². The second-order valence-electron chi connectivity index (χ2n) is 6.95. The van der Waals surface area contributed by atoms with Gasteiger partial charge in [0.05, 0.1) is 29.9 Å².